The van der Waals surface area contributed by atoms with Crippen molar-refractivity contribution in [3.8, 4) is 5.75 Å². The minimum Gasteiger partial charge on any atom is -0.490 e. The van der Waals surface area contributed by atoms with Crippen molar-refractivity contribution in [2.45, 2.75) is 70.2 Å². The van der Waals surface area contributed by atoms with Gasteiger partial charge in [0.2, 0.25) is 0 Å². The number of alkyl halides is 1. The predicted octanol–water partition coefficient (Wildman–Crippen LogP) is 5.71. The fourth-order valence-electron chi connectivity index (χ4n) is 3.21. The molecule has 0 aromatic heterocycles. The highest BCUT2D eigenvalue weighted by Gasteiger charge is 2.53. The Labute approximate surface area is 132 Å². The Kier molecular flexibility index (Phi) is 4.53. The third-order valence-corrected chi connectivity index (χ3v) is 6.29. The van der Waals surface area contributed by atoms with Gasteiger partial charge in [-0.15, -0.1) is 0 Å². The molecule has 2 unspecified atom stereocenters. The molecule has 0 saturated heterocycles. The van der Waals surface area contributed by atoms with Gasteiger partial charge in [0, 0.05) is 10.2 Å². The van der Waals surface area contributed by atoms with E-state index in [-0.39, 0.29) is 5.41 Å². The average Bonchev–Trinajstić information content (AvgIpc) is 2.39. The van der Waals surface area contributed by atoms with Crippen molar-refractivity contribution in [2.75, 3.05) is 0 Å². The van der Waals surface area contributed by atoms with Crippen LogP contribution in [0.25, 0.3) is 0 Å². The predicted molar refractivity (Wildman–Crippen MR) is 89.9 cm³/mol. The molecule has 1 aromatic carbocycles. The van der Waals surface area contributed by atoms with Crippen LogP contribution in [0.4, 0.5) is 0 Å². The lowest BCUT2D eigenvalue weighted by molar-refractivity contribution is -0.0411. The summed E-state index contributed by atoms with van der Waals surface area (Å²) in [6.07, 6.45) is 3.80. The Balaban J connectivity index is 2.08. The summed E-state index contributed by atoms with van der Waals surface area (Å²) in [6, 6.07) is 8.63. The zero-order chi connectivity index (χ0) is 15.0. The zero-order valence-corrected chi connectivity index (χ0v) is 15.0. The molecule has 0 aliphatic heterocycles. The normalized spacial score (nSPS) is 25.1. The Morgan fingerprint density at radius 1 is 1.15 bits per heavy atom. The number of benzene rings is 1. The SMILES string of the molecule is CCC1(CC)C(Br)CC1Oc1ccc(C(C)(C)C)cc1. The Bertz CT molecular complexity index is 439. The quantitative estimate of drug-likeness (QED) is 0.639. The fraction of sp³-hybridized carbons (Fsp3) is 0.667. The first-order chi connectivity index (χ1) is 9.33. The third kappa shape index (κ3) is 2.77. The van der Waals surface area contributed by atoms with Gasteiger partial charge in [-0.05, 0) is 42.4 Å². The first-order valence-corrected chi connectivity index (χ1v) is 8.66. The highest BCUT2D eigenvalue weighted by molar-refractivity contribution is 9.09. The van der Waals surface area contributed by atoms with Crippen LogP contribution < -0.4 is 4.74 Å². The second kappa shape index (κ2) is 5.71. The minimum absolute atomic E-state index is 0.201. The highest BCUT2D eigenvalue weighted by atomic mass is 79.9. The van der Waals surface area contributed by atoms with Crippen LogP contribution in [-0.2, 0) is 5.41 Å². The van der Waals surface area contributed by atoms with Gasteiger partial charge in [0.25, 0.3) is 0 Å². The summed E-state index contributed by atoms with van der Waals surface area (Å²) in [5.74, 6) is 1.01. The average molecular weight is 339 g/mol. The van der Waals surface area contributed by atoms with E-state index in [2.05, 4.69) is 74.8 Å². The van der Waals surface area contributed by atoms with E-state index in [1.807, 2.05) is 0 Å². The first-order valence-electron chi connectivity index (χ1n) is 7.74. The molecular weight excluding hydrogens is 312 g/mol. The molecule has 112 valence electrons. The number of hydrogen-bond donors (Lipinski definition) is 0. The molecule has 20 heavy (non-hydrogen) atoms. The summed E-state index contributed by atoms with van der Waals surface area (Å²) in [7, 11) is 0. The van der Waals surface area contributed by atoms with E-state index in [9.17, 15) is 0 Å². The van der Waals surface area contributed by atoms with Crippen molar-refractivity contribution in [2.24, 2.45) is 5.41 Å². The van der Waals surface area contributed by atoms with Crippen LogP contribution in [-0.4, -0.2) is 10.9 Å². The molecule has 2 rings (SSSR count). The lowest BCUT2D eigenvalue weighted by atomic mass is 9.62. The molecule has 0 bridgehead atoms. The van der Waals surface area contributed by atoms with Crippen LogP contribution >= 0.6 is 15.9 Å². The number of rotatable bonds is 4. The fourth-order valence-corrected chi connectivity index (χ4v) is 4.49. The van der Waals surface area contributed by atoms with Crippen LogP contribution in [0.2, 0.25) is 0 Å². The van der Waals surface area contributed by atoms with Gasteiger partial charge in [-0.1, -0.05) is 62.7 Å². The lowest BCUT2D eigenvalue weighted by Gasteiger charge is -2.52. The van der Waals surface area contributed by atoms with Gasteiger partial charge in [-0.3, -0.25) is 0 Å². The molecule has 2 heteroatoms. The lowest BCUT2D eigenvalue weighted by Crippen LogP contribution is -2.56. The molecule has 0 amide bonds. The van der Waals surface area contributed by atoms with Gasteiger partial charge in [0.1, 0.15) is 11.9 Å². The molecule has 0 heterocycles. The molecule has 1 aromatic rings. The van der Waals surface area contributed by atoms with E-state index < -0.39 is 0 Å². The van der Waals surface area contributed by atoms with Crippen LogP contribution in [0.15, 0.2) is 24.3 Å². The summed E-state index contributed by atoms with van der Waals surface area (Å²) in [6.45, 7) is 11.3. The van der Waals surface area contributed by atoms with Crippen molar-refractivity contribution >= 4 is 15.9 Å². The van der Waals surface area contributed by atoms with Crippen molar-refractivity contribution in [3.05, 3.63) is 29.8 Å². The first kappa shape index (κ1) is 15.9. The van der Waals surface area contributed by atoms with Gasteiger partial charge in [-0.2, -0.15) is 0 Å². The smallest absolute Gasteiger partial charge is 0.119 e. The van der Waals surface area contributed by atoms with Gasteiger partial charge in [-0.25, -0.2) is 0 Å². The summed E-state index contributed by atoms with van der Waals surface area (Å²) in [5, 5.41) is 0. The molecule has 1 nitrogen and oxygen atoms in total. The van der Waals surface area contributed by atoms with Crippen molar-refractivity contribution in [3.63, 3.8) is 0 Å². The van der Waals surface area contributed by atoms with Crippen LogP contribution in [0.1, 0.15) is 59.4 Å². The Morgan fingerprint density at radius 2 is 1.70 bits per heavy atom. The number of ether oxygens (including phenoxy) is 1. The summed E-state index contributed by atoms with van der Waals surface area (Å²) >= 11 is 3.82. The van der Waals surface area contributed by atoms with Gasteiger partial charge >= 0.3 is 0 Å². The van der Waals surface area contributed by atoms with Gasteiger partial charge in [0.05, 0.1) is 0 Å². The van der Waals surface area contributed by atoms with Crippen molar-refractivity contribution in [1.29, 1.82) is 0 Å². The zero-order valence-electron chi connectivity index (χ0n) is 13.4. The second-order valence-electron chi connectivity index (χ2n) is 7.02. The van der Waals surface area contributed by atoms with Crippen LogP contribution in [0.5, 0.6) is 5.75 Å². The van der Waals surface area contributed by atoms with E-state index in [4.69, 9.17) is 4.74 Å². The van der Waals surface area contributed by atoms with Crippen molar-refractivity contribution in [1.82, 2.24) is 0 Å². The number of halogens is 1. The molecule has 1 saturated carbocycles. The highest BCUT2D eigenvalue weighted by Crippen LogP contribution is 2.52. The molecule has 0 N–H and O–H groups in total. The van der Waals surface area contributed by atoms with E-state index in [0.29, 0.717) is 16.3 Å². The molecule has 0 radical (unpaired) electrons. The monoisotopic (exact) mass is 338 g/mol. The maximum Gasteiger partial charge on any atom is 0.119 e. The van der Waals surface area contributed by atoms with E-state index in [0.717, 1.165) is 12.2 Å². The summed E-state index contributed by atoms with van der Waals surface area (Å²) < 4.78 is 6.26. The Morgan fingerprint density at radius 3 is 2.10 bits per heavy atom. The van der Waals surface area contributed by atoms with Crippen molar-refractivity contribution < 1.29 is 4.74 Å². The molecule has 0 spiro atoms. The van der Waals surface area contributed by atoms with Gasteiger partial charge < -0.3 is 4.74 Å². The largest absolute Gasteiger partial charge is 0.490 e. The maximum absolute atomic E-state index is 6.26. The summed E-state index contributed by atoms with van der Waals surface area (Å²) in [4.78, 5) is 0.601. The van der Waals surface area contributed by atoms with Gasteiger partial charge in [0.15, 0.2) is 0 Å². The topological polar surface area (TPSA) is 9.23 Å². The van der Waals surface area contributed by atoms with E-state index in [1.165, 1.54) is 18.4 Å². The molecule has 1 aliphatic rings. The molecule has 1 fully saturated rings. The number of hydrogen-bond acceptors (Lipinski definition) is 1. The second-order valence-corrected chi connectivity index (χ2v) is 8.13. The van der Waals surface area contributed by atoms with Crippen LogP contribution in [0, 0.1) is 5.41 Å². The van der Waals surface area contributed by atoms with E-state index in [1.54, 1.807) is 0 Å². The van der Waals surface area contributed by atoms with E-state index >= 15 is 0 Å². The third-order valence-electron chi connectivity index (χ3n) is 5.00. The Hall–Kier alpha value is -0.500. The van der Waals surface area contributed by atoms with Crippen LogP contribution in [0.3, 0.4) is 0 Å². The standard InChI is InChI=1S/C18H27BrO/c1-6-18(7-2)15(19)12-16(18)20-14-10-8-13(9-11-14)17(3,4)5/h8-11,15-16H,6-7,12H2,1-5H3. The minimum atomic E-state index is 0.201. The molecular formula is C18H27BrO. The molecule has 2 atom stereocenters. The molecule has 1 aliphatic carbocycles. The summed E-state index contributed by atoms with van der Waals surface area (Å²) in [5.41, 5.74) is 1.86. The maximum atomic E-state index is 6.26.